The molecule has 0 aromatic carbocycles. The van der Waals surface area contributed by atoms with E-state index in [-0.39, 0.29) is 0 Å². The van der Waals surface area contributed by atoms with Crippen LogP contribution in [0.25, 0.3) is 0 Å². The minimum atomic E-state index is -2.01. The molecule has 7 nitrogen and oxygen atoms in total. The number of ether oxygens (including phenoxy) is 1. The van der Waals surface area contributed by atoms with Gasteiger partial charge in [-0.3, -0.25) is 4.79 Å². The number of aliphatic hydroxyl groups is 4. The molecule has 88 valence electrons. The summed E-state index contributed by atoms with van der Waals surface area (Å²) in [7, 11) is 0. The van der Waals surface area contributed by atoms with E-state index >= 15 is 0 Å². The van der Waals surface area contributed by atoms with Crippen LogP contribution in [-0.4, -0.2) is 63.0 Å². The Morgan fingerprint density at radius 2 is 2.00 bits per heavy atom. The minimum absolute atomic E-state index is 0.692. The molecule has 1 aliphatic heterocycles. The van der Waals surface area contributed by atoms with Gasteiger partial charge in [-0.2, -0.15) is 0 Å². The van der Waals surface area contributed by atoms with Crippen molar-refractivity contribution < 1.29 is 30.0 Å². The minimum Gasteiger partial charge on any atom is -0.393 e. The first kappa shape index (κ1) is 12.5. The zero-order valence-corrected chi connectivity index (χ0v) is 8.20. The lowest BCUT2D eigenvalue weighted by atomic mass is 9.84. The van der Waals surface area contributed by atoms with Crippen molar-refractivity contribution in [3.05, 3.63) is 0 Å². The summed E-state index contributed by atoms with van der Waals surface area (Å²) in [5.41, 5.74) is 3.30. The normalized spacial score (nSPS) is 46.5. The van der Waals surface area contributed by atoms with Gasteiger partial charge in [-0.1, -0.05) is 0 Å². The fourth-order valence-corrected chi connectivity index (χ4v) is 1.55. The number of ketones is 1. The second kappa shape index (κ2) is 4.12. The number of aliphatic hydroxyl groups excluding tert-OH is 4. The average Bonchev–Trinajstić information content (AvgIpc) is 2.20. The second-order valence-corrected chi connectivity index (χ2v) is 3.62. The van der Waals surface area contributed by atoms with E-state index in [0.29, 0.717) is 0 Å². The molecule has 1 aliphatic rings. The third-order valence-corrected chi connectivity index (χ3v) is 2.69. The Kier molecular flexibility index (Phi) is 3.44. The molecule has 5 atom stereocenters. The van der Waals surface area contributed by atoms with Gasteiger partial charge in [-0.25, -0.2) is 0 Å². The first-order valence-corrected chi connectivity index (χ1v) is 4.46. The van der Waals surface area contributed by atoms with Crippen molar-refractivity contribution in [1.82, 2.24) is 0 Å². The van der Waals surface area contributed by atoms with Crippen molar-refractivity contribution in [1.29, 1.82) is 0 Å². The van der Waals surface area contributed by atoms with Crippen LogP contribution in [0.3, 0.4) is 0 Å². The molecule has 1 saturated heterocycles. The molecule has 1 heterocycles. The van der Waals surface area contributed by atoms with Crippen LogP contribution in [0.4, 0.5) is 0 Å². The second-order valence-electron chi connectivity index (χ2n) is 3.62. The van der Waals surface area contributed by atoms with Crippen LogP contribution in [0.1, 0.15) is 6.92 Å². The number of hydrogen-bond acceptors (Lipinski definition) is 7. The van der Waals surface area contributed by atoms with Crippen molar-refractivity contribution in [3.8, 4) is 0 Å². The smallest absolute Gasteiger partial charge is 0.180 e. The van der Waals surface area contributed by atoms with Crippen LogP contribution in [0.15, 0.2) is 0 Å². The van der Waals surface area contributed by atoms with Crippen LogP contribution in [-0.2, 0) is 9.53 Å². The van der Waals surface area contributed by atoms with Gasteiger partial charge in [0.15, 0.2) is 17.7 Å². The first-order valence-electron chi connectivity index (χ1n) is 4.46. The van der Waals surface area contributed by atoms with E-state index in [1.807, 2.05) is 0 Å². The van der Waals surface area contributed by atoms with Crippen molar-refractivity contribution in [2.24, 2.45) is 5.73 Å². The molecule has 1 fully saturated rings. The predicted octanol–water partition coefficient (Wildman–Crippen LogP) is -3.30. The SMILES string of the molecule is CC(=O)[C@]1(CO)OC(O)[C@H](N)[C@@H](O)[C@H]1O. The van der Waals surface area contributed by atoms with Gasteiger partial charge in [0.05, 0.1) is 12.6 Å². The van der Waals surface area contributed by atoms with Crippen LogP contribution in [0.5, 0.6) is 0 Å². The van der Waals surface area contributed by atoms with E-state index in [9.17, 15) is 20.1 Å². The number of Topliss-reactive ketones (excluding diaryl/α,β-unsaturated/α-hetero) is 1. The molecule has 7 heteroatoms. The van der Waals surface area contributed by atoms with Gasteiger partial charge in [0, 0.05) is 0 Å². The summed E-state index contributed by atoms with van der Waals surface area (Å²) in [5.74, 6) is -0.692. The Labute approximate surface area is 86.1 Å². The number of carbonyl (C=O) groups is 1. The Hall–Kier alpha value is -0.570. The number of nitrogens with two attached hydrogens (primary N) is 1. The lowest BCUT2D eigenvalue weighted by Gasteiger charge is -2.45. The Bertz CT molecular complexity index is 260. The molecular formula is C8H15NO6. The van der Waals surface area contributed by atoms with Gasteiger partial charge in [0.2, 0.25) is 0 Å². The highest BCUT2D eigenvalue weighted by atomic mass is 16.6. The predicted molar refractivity (Wildman–Crippen MR) is 47.6 cm³/mol. The number of hydrogen-bond donors (Lipinski definition) is 5. The zero-order chi connectivity index (χ0) is 11.8. The van der Waals surface area contributed by atoms with Crippen molar-refractivity contribution in [2.75, 3.05) is 6.61 Å². The van der Waals surface area contributed by atoms with Crippen molar-refractivity contribution in [3.63, 3.8) is 0 Å². The maximum atomic E-state index is 11.3. The van der Waals surface area contributed by atoms with E-state index in [4.69, 9.17) is 15.6 Å². The highest BCUT2D eigenvalue weighted by Crippen LogP contribution is 2.29. The van der Waals surface area contributed by atoms with Crippen LogP contribution >= 0.6 is 0 Å². The van der Waals surface area contributed by atoms with Crippen molar-refractivity contribution in [2.45, 2.75) is 37.1 Å². The highest BCUT2D eigenvalue weighted by Gasteiger charge is 2.55. The fraction of sp³-hybridized carbons (Fsp3) is 0.875. The van der Waals surface area contributed by atoms with Gasteiger partial charge in [0.1, 0.15) is 12.2 Å². The molecule has 15 heavy (non-hydrogen) atoms. The molecule has 0 aromatic heterocycles. The third-order valence-electron chi connectivity index (χ3n) is 2.69. The third kappa shape index (κ3) is 1.78. The monoisotopic (exact) mass is 221 g/mol. The summed E-state index contributed by atoms with van der Waals surface area (Å²) in [6.45, 7) is 0.236. The number of carbonyl (C=O) groups excluding carboxylic acids is 1. The summed E-state index contributed by atoms with van der Waals surface area (Å²) in [6.07, 6.45) is -4.82. The standard InChI is InChI=1S/C8H15NO6/c1-3(11)8(2-10)6(13)5(12)4(9)7(14)15-8/h4-7,10,12-14H,2,9H2,1H3/t4-,5-,6-,7?,8+/m1/s1. The molecule has 0 radical (unpaired) electrons. The molecule has 0 aliphatic carbocycles. The Balaban J connectivity index is 3.04. The first-order chi connectivity index (χ1) is 6.86. The summed E-state index contributed by atoms with van der Waals surface area (Å²) in [4.78, 5) is 11.3. The van der Waals surface area contributed by atoms with Gasteiger partial charge in [-0.15, -0.1) is 0 Å². The summed E-state index contributed by atoms with van der Waals surface area (Å²) < 4.78 is 4.80. The summed E-state index contributed by atoms with van der Waals surface area (Å²) in [5, 5.41) is 37.4. The molecule has 0 bridgehead atoms. The van der Waals surface area contributed by atoms with Crippen LogP contribution < -0.4 is 5.73 Å². The summed E-state index contributed by atoms with van der Waals surface area (Å²) >= 11 is 0. The number of rotatable bonds is 2. The Morgan fingerprint density at radius 1 is 1.47 bits per heavy atom. The van der Waals surface area contributed by atoms with E-state index in [2.05, 4.69) is 0 Å². The van der Waals surface area contributed by atoms with E-state index in [0.717, 1.165) is 6.92 Å². The van der Waals surface area contributed by atoms with E-state index in [1.54, 1.807) is 0 Å². The lowest BCUT2D eigenvalue weighted by Crippen LogP contribution is -2.70. The molecule has 0 aromatic rings. The molecule has 6 N–H and O–H groups in total. The topological polar surface area (TPSA) is 133 Å². The van der Waals surface area contributed by atoms with Crippen LogP contribution in [0.2, 0.25) is 0 Å². The molecule has 1 rings (SSSR count). The highest BCUT2D eigenvalue weighted by molar-refractivity contribution is 5.86. The quantitative estimate of drug-likeness (QED) is 0.330. The van der Waals surface area contributed by atoms with Gasteiger partial charge in [-0.05, 0) is 6.92 Å². The molecule has 0 saturated carbocycles. The largest absolute Gasteiger partial charge is 0.393 e. The maximum Gasteiger partial charge on any atom is 0.180 e. The van der Waals surface area contributed by atoms with E-state index in [1.165, 1.54) is 0 Å². The lowest BCUT2D eigenvalue weighted by molar-refractivity contribution is -0.285. The fourth-order valence-electron chi connectivity index (χ4n) is 1.55. The van der Waals surface area contributed by atoms with E-state index < -0.39 is 42.5 Å². The van der Waals surface area contributed by atoms with Gasteiger partial charge >= 0.3 is 0 Å². The van der Waals surface area contributed by atoms with Gasteiger partial charge in [0.25, 0.3) is 0 Å². The van der Waals surface area contributed by atoms with Crippen molar-refractivity contribution >= 4 is 5.78 Å². The zero-order valence-electron chi connectivity index (χ0n) is 8.20. The molecule has 0 spiro atoms. The summed E-state index contributed by atoms with van der Waals surface area (Å²) in [6, 6.07) is -1.22. The molecule has 0 amide bonds. The maximum absolute atomic E-state index is 11.3. The Morgan fingerprint density at radius 3 is 2.40 bits per heavy atom. The molecular weight excluding hydrogens is 206 g/mol. The molecule has 1 unspecified atom stereocenters. The van der Waals surface area contributed by atoms with Crippen LogP contribution in [0, 0.1) is 0 Å². The average molecular weight is 221 g/mol. The van der Waals surface area contributed by atoms with Gasteiger partial charge < -0.3 is 30.9 Å².